The third-order valence-electron chi connectivity index (χ3n) is 2.84. The van der Waals surface area contributed by atoms with Crippen LogP contribution >= 0.6 is 11.8 Å². The molecule has 0 bridgehead atoms. The number of fused-ring (bicyclic) bond motifs is 1. The number of hydrogen-bond acceptors (Lipinski definition) is 4. The molecule has 2 aliphatic heterocycles. The summed E-state index contributed by atoms with van der Waals surface area (Å²) in [7, 11) is 0. The van der Waals surface area contributed by atoms with Crippen molar-refractivity contribution in [3.8, 4) is 0 Å². The highest BCUT2D eigenvalue weighted by Gasteiger charge is 2.29. The van der Waals surface area contributed by atoms with Crippen LogP contribution < -0.4 is 5.73 Å². The minimum Gasteiger partial charge on any atom is -0.399 e. The van der Waals surface area contributed by atoms with Gasteiger partial charge >= 0.3 is 0 Å². The minimum atomic E-state index is 0.313. The predicted molar refractivity (Wildman–Crippen MR) is 65.1 cm³/mol. The molecule has 0 unspecified atom stereocenters. The molecule has 1 fully saturated rings. The maximum Gasteiger partial charge on any atom is 0.160 e. The van der Waals surface area contributed by atoms with Crippen LogP contribution in [-0.4, -0.2) is 28.9 Å². The molecule has 0 radical (unpaired) electrons. The number of hydrogen-bond donors (Lipinski definition) is 1. The van der Waals surface area contributed by atoms with Crippen molar-refractivity contribution in [3.05, 3.63) is 29.8 Å². The number of nitrogen functional groups attached to an aromatic ring is 1. The van der Waals surface area contributed by atoms with Crippen molar-refractivity contribution >= 4 is 22.6 Å². The fourth-order valence-corrected chi connectivity index (χ4v) is 3.05. The van der Waals surface area contributed by atoms with Crippen LogP contribution in [0.3, 0.4) is 0 Å². The molecule has 2 N–H and O–H groups in total. The molecule has 3 rings (SSSR count). The number of benzene rings is 1. The van der Waals surface area contributed by atoms with Crippen molar-refractivity contribution in [2.75, 3.05) is 24.6 Å². The molecule has 0 aliphatic carbocycles. The van der Waals surface area contributed by atoms with Gasteiger partial charge in [-0.1, -0.05) is 23.9 Å². The Morgan fingerprint density at radius 2 is 2.13 bits per heavy atom. The summed E-state index contributed by atoms with van der Waals surface area (Å²) in [5.41, 5.74) is 7.76. The third-order valence-corrected chi connectivity index (χ3v) is 3.85. The fraction of sp³-hybridized carbons (Fsp3) is 0.364. The van der Waals surface area contributed by atoms with E-state index in [-0.39, 0.29) is 0 Å². The van der Waals surface area contributed by atoms with E-state index in [1.165, 1.54) is 16.5 Å². The topological polar surface area (TPSA) is 41.6 Å². The molecule has 1 saturated heterocycles. The first kappa shape index (κ1) is 9.09. The van der Waals surface area contributed by atoms with Crippen LogP contribution in [0.1, 0.15) is 11.6 Å². The number of thioether (sulfide) groups is 1. The van der Waals surface area contributed by atoms with E-state index in [1.54, 1.807) is 0 Å². The van der Waals surface area contributed by atoms with E-state index < -0.39 is 0 Å². The molecule has 4 heteroatoms. The van der Waals surface area contributed by atoms with Gasteiger partial charge in [-0.15, -0.1) is 0 Å². The summed E-state index contributed by atoms with van der Waals surface area (Å²) in [6.45, 7) is 2.18. The Morgan fingerprint density at radius 1 is 1.33 bits per heavy atom. The van der Waals surface area contributed by atoms with Gasteiger partial charge in [0.1, 0.15) is 0 Å². The van der Waals surface area contributed by atoms with Gasteiger partial charge < -0.3 is 10.6 Å². The third kappa shape index (κ3) is 1.59. The molecule has 1 aromatic rings. The zero-order valence-corrected chi connectivity index (χ0v) is 9.20. The Hall–Kier alpha value is -1.16. The highest BCUT2D eigenvalue weighted by molar-refractivity contribution is 8.14. The van der Waals surface area contributed by atoms with Crippen LogP contribution in [0.15, 0.2) is 29.3 Å². The van der Waals surface area contributed by atoms with Crippen LogP contribution in [0.4, 0.5) is 5.69 Å². The molecule has 2 heterocycles. The standard InChI is InChI=1S/C11H13N3S/c12-9-3-1-8(2-4-9)10-7-14-5-6-15-11(14)13-10/h1-4,10H,5-7,12H2/t10-/m1/s1. The van der Waals surface area contributed by atoms with E-state index in [4.69, 9.17) is 10.7 Å². The minimum absolute atomic E-state index is 0.313. The van der Waals surface area contributed by atoms with Crippen LogP contribution in [-0.2, 0) is 0 Å². The van der Waals surface area contributed by atoms with E-state index in [0.29, 0.717) is 6.04 Å². The van der Waals surface area contributed by atoms with Crippen LogP contribution in [0.2, 0.25) is 0 Å². The molecule has 15 heavy (non-hydrogen) atoms. The van der Waals surface area contributed by atoms with Gasteiger partial charge in [0.2, 0.25) is 0 Å². The number of nitrogens with zero attached hydrogens (tertiary/aromatic N) is 2. The number of nitrogens with two attached hydrogens (primary N) is 1. The van der Waals surface area contributed by atoms with Crippen molar-refractivity contribution < 1.29 is 0 Å². The maximum absolute atomic E-state index is 5.67. The maximum atomic E-state index is 5.67. The highest BCUT2D eigenvalue weighted by atomic mass is 32.2. The number of aliphatic imine (C=N–C) groups is 1. The van der Waals surface area contributed by atoms with Crippen molar-refractivity contribution in [2.24, 2.45) is 4.99 Å². The van der Waals surface area contributed by atoms with Gasteiger partial charge in [0.15, 0.2) is 5.17 Å². The van der Waals surface area contributed by atoms with E-state index in [1.807, 2.05) is 23.9 Å². The number of rotatable bonds is 1. The van der Waals surface area contributed by atoms with Gasteiger partial charge in [-0.25, -0.2) is 0 Å². The lowest BCUT2D eigenvalue weighted by atomic mass is 10.1. The average molecular weight is 219 g/mol. The normalized spacial score (nSPS) is 24.1. The summed E-state index contributed by atoms with van der Waals surface area (Å²) >= 11 is 1.87. The molecular weight excluding hydrogens is 206 g/mol. The first-order valence-electron chi connectivity index (χ1n) is 5.14. The second kappa shape index (κ2) is 3.45. The van der Waals surface area contributed by atoms with E-state index in [2.05, 4.69) is 17.0 Å². The van der Waals surface area contributed by atoms with Crippen molar-refractivity contribution in [1.82, 2.24) is 4.90 Å². The Bertz CT molecular complexity index is 399. The summed E-state index contributed by atoms with van der Waals surface area (Å²) in [6, 6.07) is 8.37. The van der Waals surface area contributed by atoms with Gasteiger partial charge in [-0.3, -0.25) is 4.99 Å². The molecule has 0 amide bonds. The zero-order valence-electron chi connectivity index (χ0n) is 8.39. The van der Waals surface area contributed by atoms with Crippen LogP contribution in [0, 0.1) is 0 Å². The number of anilines is 1. The summed E-state index contributed by atoms with van der Waals surface area (Å²) in [5.74, 6) is 1.19. The monoisotopic (exact) mass is 219 g/mol. The Labute approximate surface area is 93.4 Å². The lowest BCUT2D eigenvalue weighted by Gasteiger charge is -2.12. The van der Waals surface area contributed by atoms with Crippen molar-refractivity contribution in [3.63, 3.8) is 0 Å². The molecule has 0 aromatic heterocycles. The van der Waals surface area contributed by atoms with E-state index >= 15 is 0 Å². The average Bonchev–Trinajstić information content (AvgIpc) is 2.78. The molecule has 0 saturated carbocycles. The van der Waals surface area contributed by atoms with Gasteiger partial charge in [0, 0.05) is 24.5 Å². The summed E-state index contributed by atoms with van der Waals surface area (Å²) in [6.07, 6.45) is 0. The van der Waals surface area contributed by atoms with Gasteiger partial charge in [-0.2, -0.15) is 0 Å². The first-order valence-corrected chi connectivity index (χ1v) is 6.12. The molecule has 0 spiro atoms. The fourth-order valence-electron chi connectivity index (χ4n) is 2.00. The number of amidine groups is 1. The molecule has 1 atom stereocenters. The lowest BCUT2D eigenvalue weighted by Crippen LogP contribution is -2.21. The largest absolute Gasteiger partial charge is 0.399 e. The summed E-state index contributed by atoms with van der Waals surface area (Å²) in [5, 5.41) is 1.22. The second-order valence-corrected chi connectivity index (χ2v) is 4.95. The van der Waals surface area contributed by atoms with E-state index in [9.17, 15) is 0 Å². The Morgan fingerprint density at radius 3 is 2.87 bits per heavy atom. The summed E-state index contributed by atoms with van der Waals surface area (Å²) < 4.78 is 0. The highest BCUT2D eigenvalue weighted by Crippen LogP contribution is 2.32. The van der Waals surface area contributed by atoms with Crippen LogP contribution in [0.25, 0.3) is 0 Å². The molecule has 3 nitrogen and oxygen atoms in total. The van der Waals surface area contributed by atoms with Crippen molar-refractivity contribution in [2.45, 2.75) is 6.04 Å². The predicted octanol–water partition coefficient (Wildman–Crippen LogP) is 1.73. The van der Waals surface area contributed by atoms with E-state index in [0.717, 1.165) is 18.8 Å². The second-order valence-electron chi connectivity index (χ2n) is 3.89. The van der Waals surface area contributed by atoms with Gasteiger partial charge in [-0.05, 0) is 17.7 Å². The quantitative estimate of drug-likeness (QED) is 0.731. The van der Waals surface area contributed by atoms with Gasteiger partial charge in [0.25, 0.3) is 0 Å². The Kier molecular flexibility index (Phi) is 2.09. The SMILES string of the molecule is Nc1ccc([C@H]2CN3CCSC3=N2)cc1. The first-order chi connectivity index (χ1) is 7.33. The zero-order chi connectivity index (χ0) is 10.3. The lowest BCUT2D eigenvalue weighted by molar-refractivity contribution is 0.464. The molecular formula is C11H13N3S. The van der Waals surface area contributed by atoms with Crippen LogP contribution in [0.5, 0.6) is 0 Å². The molecule has 78 valence electrons. The Balaban J connectivity index is 1.85. The van der Waals surface area contributed by atoms with Gasteiger partial charge in [0.05, 0.1) is 6.04 Å². The molecule has 1 aromatic carbocycles. The smallest absolute Gasteiger partial charge is 0.160 e. The van der Waals surface area contributed by atoms with Crippen molar-refractivity contribution in [1.29, 1.82) is 0 Å². The summed E-state index contributed by atoms with van der Waals surface area (Å²) in [4.78, 5) is 7.08. The molecule has 2 aliphatic rings.